The smallest absolute Gasteiger partial charge is 0.123 e. The van der Waals surface area contributed by atoms with E-state index in [9.17, 15) is 0 Å². The largest absolute Gasteiger partial charge is 0.489 e. The molecule has 0 amide bonds. The number of para-hydroxylation sites is 1. The molecule has 0 radical (unpaired) electrons. The highest BCUT2D eigenvalue weighted by Crippen LogP contribution is 2.21. The van der Waals surface area contributed by atoms with Crippen LogP contribution in [0, 0.1) is 0 Å². The highest BCUT2D eigenvalue weighted by molar-refractivity contribution is 5.36. The zero-order valence-electron chi connectivity index (χ0n) is 9.07. The average Bonchev–Trinajstić information content (AvgIpc) is 2.38. The van der Waals surface area contributed by atoms with Gasteiger partial charge in [-0.1, -0.05) is 42.8 Å². The van der Waals surface area contributed by atoms with Crippen molar-refractivity contribution in [3.8, 4) is 5.75 Å². The van der Waals surface area contributed by atoms with E-state index in [0.717, 1.165) is 18.6 Å². The van der Waals surface area contributed by atoms with Gasteiger partial charge in [-0.3, -0.25) is 0 Å². The molecule has 0 atom stereocenters. The fraction of sp³-hybridized carbons (Fsp3) is 0.286. The highest BCUT2D eigenvalue weighted by Gasteiger charge is 2.02. The molecule has 1 aromatic rings. The number of rotatable bonds is 1. The fourth-order valence-electron chi connectivity index (χ4n) is 1.72. The van der Waals surface area contributed by atoms with Crippen molar-refractivity contribution in [1.29, 1.82) is 0 Å². The van der Waals surface area contributed by atoms with E-state index in [1.54, 1.807) is 0 Å². The molecule has 1 heteroatoms. The first-order chi connectivity index (χ1) is 7.40. The topological polar surface area (TPSA) is 9.23 Å². The van der Waals surface area contributed by atoms with Gasteiger partial charge in [-0.15, -0.1) is 0 Å². The number of fused-ring (bicyclic) bond motifs is 1. The maximum atomic E-state index is 5.68. The Balaban J connectivity index is 2.30. The summed E-state index contributed by atoms with van der Waals surface area (Å²) in [6, 6.07) is 8.25. The molecule has 1 heterocycles. The maximum Gasteiger partial charge on any atom is 0.123 e. The lowest BCUT2D eigenvalue weighted by molar-refractivity contribution is 0.360. The fourth-order valence-corrected chi connectivity index (χ4v) is 1.72. The SMILES string of the molecule is CCC1=CCc2ccccc2OCC=C1. The summed E-state index contributed by atoms with van der Waals surface area (Å²) in [5.41, 5.74) is 2.66. The number of allylic oxidation sites excluding steroid dienone is 3. The van der Waals surface area contributed by atoms with Crippen LogP contribution in [0.3, 0.4) is 0 Å². The van der Waals surface area contributed by atoms with Crippen molar-refractivity contribution in [2.75, 3.05) is 6.61 Å². The van der Waals surface area contributed by atoms with E-state index >= 15 is 0 Å². The predicted octanol–water partition coefficient (Wildman–Crippen LogP) is 3.51. The lowest BCUT2D eigenvalue weighted by Gasteiger charge is -2.07. The van der Waals surface area contributed by atoms with Crippen molar-refractivity contribution in [2.24, 2.45) is 0 Å². The third-order valence-electron chi connectivity index (χ3n) is 2.63. The molecule has 0 saturated heterocycles. The molecule has 0 N–H and O–H groups in total. The van der Waals surface area contributed by atoms with Gasteiger partial charge in [-0.25, -0.2) is 0 Å². The molecular formula is C14H16O. The molecular weight excluding hydrogens is 184 g/mol. The lowest BCUT2D eigenvalue weighted by atomic mass is 10.1. The van der Waals surface area contributed by atoms with E-state index in [1.807, 2.05) is 12.1 Å². The van der Waals surface area contributed by atoms with E-state index in [1.165, 1.54) is 11.1 Å². The van der Waals surface area contributed by atoms with Crippen LogP contribution in [0.5, 0.6) is 5.75 Å². The van der Waals surface area contributed by atoms with Crippen LogP contribution in [0.2, 0.25) is 0 Å². The molecule has 0 unspecified atom stereocenters. The summed E-state index contributed by atoms with van der Waals surface area (Å²) in [5, 5.41) is 0. The Morgan fingerprint density at radius 1 is 1.27 bits per heavy atom. The summed E-state index contributed by atoms with van der Waals surface area (Å²) >= 11 is 0. The molecule has 78 valence electrons. The zero-order valence-corrected chi connectivity index (χ0v) is 9.07. The predicted molar refractivity (Wildman–Crippen MR) is 63.2 cm³/mol. The van der Waals surface area contributed by atoms with Crippen molar-refractivity contribution < 1.29 is 4.74 Å². The number of hydrogen-bond donors (Lipinski definition) is 0. The molecule has 1 nitrogen and oxygen atoms in total. The second-order valence-electron chi connectivity index (χ2n) is 3.66. The molecule has 1 aliphatic rings. The summed E-state index contributed by atoms with van der Waals surface area (Å²) < 4.78 is 5.68. The first-order valence-electron chi connectivity index (χ1n) is 5.46. The van der Waals surface area contributed by atoms with Gasteiger partial charge in [-0.05, 0) is 30.5 Å². The van der Waals surface area contributed by atoms with Gasteiger partial charge in [-0.2, -0.15) is 0 Å². The highest BCUT2D eigenvalue weighted by atomic mass is 16.5. The van der Waals surface area contributed by atoms with Gasteiger partial charge in [0, 0.05) is 0 Å². The minimum Gasteiger partial charge on any atom is -0.489 e. The van der Waals surface area contributed by atoms with E-state index in [-0.39, 0.29) is 0 Å². The Bertz CT molecular complexity index is 388. The molecule has 15 heavy (non-hydrogen) atoms. The van der Waals surface area contributed by atoms with Crippen LogP contribution in [0.25, 0.3) is 0 Å². The van der Waals surface area contributed by atoms with Gasteiger partial charge in [0.25, 0.3) is 0 Å². The monoisotopic (exact) mass is 200 g/mol. The first kappa shape index (κ1) is 10.0. The second-order valence-corrected chi connectivity index (χ2v) is 3.66. The molecule has 2 rings (SSSR count). The van der Waals surface area contributed by atoms with Gasteiger partial charge in [0.15, 0.2) is 0 Å². The average molecular weight is 200 g/mol. The van der Waals surface area contributed by atoms with Gasteiger partial charge in [0.1, 0.15) is 12.4 Å². The van der Waals surface area contributed by atoms with Crippen LogP contribution in [-0.2, 0) is 6.42 Å². The molecule has 0 aliphatic carbocycles. The minimum absolute atomic E-state index is 0.661. The van der Waals surface area contributed by atoms with Crippen LogP contribution in [-0.4, -0.2) is 6.61 Å². The summed E-state index contributed by atoms with van der Waals surface area (Å²) in [7, 11) is 0. The van der Waals surface area contributed by atoms with Crippen molar-refractivity contribution >= 4 is 0 Å². The summed E-state index contributed by atoms with van der Waals surface area (Å²) in [6.45, 7) is 2.84. The number of ether oxygens (including phenoxy) is 1. The molecule has 0 saturated carbocycles. The summed E-state index contributed by atoms with van der Waals surface area (Å²) in [6.07, 6.45) is 8.57. The molecule has 0 fully saturated rings. The Labute approximate surface area is 91.1 Å². The van der Waals surface area contributed by atoms with Crippen LogP contribution >= 0.6 is 0 Å². The van der Waals surface area contributed by atoms with E-state index in [0.29, 0.717) is 6.61 Å². The Morgan fingerprint density at radius 2 is 2.13 bits per heavy atom. The summed E-state index contributed by atoms with van der Waals surface area (Å²) in [4.78, 5) is 0. The lowest BCUT2D eigenvalue weighted by Crippen LogP contribution is -1.95. The maximum absolute atomic E-state index is 5.68. The molecule has 0 spiro atoms. The van der Waals surface area contributed by atoms with Gasteiger partial charge < -0.3 is 4.74 Å². The second kappa shape index (κ2) is 4.83. The minimum atomic E-state index is 0.661. The van der Waals surface area contributed by atoms with E-state index in [4.69, 9.17) is 4.74 Å². The standard InChI is InChI=1S/C14H16O/c1-2-12-6-5-11-15-14-8-4-3-7-13(14)10-9-12/h3-9H,2,10-11H2,1H3. The van der Waals surface area contributed by atoms with Gasteiger partial charge in [0.2, 0.25) is 0 Å². The van der Waals surface area contributed by atoms with Crippen LogP contribution in [0.1, 0.15) is 18.9 Å². The molecule has 0 aromatic heterocycles. The third-order valence-corrected chi connectivity index (χ3v) is 2.63. The first-order valence-corrected chi connectivity index (χ1v) is 5.46. The Kier molecular flexibility index (Phi) is 3.23. The van der Waals surface area contributed by atoms with Crippen molar-refractivity contribution in [3.63, 3.8) is 0 Å². The van der Waals surface area contributed by atoms with E-state index < -0.39 is 0 Å². The van der Waals surface area contributed by atoms with Crippen LogP contribution in [0.4, 0.5) is 0 Å². The van der Waals surface area contributed by atoms with Crippen molar-refractivity contribution in [3.05, 3.63) is 53.6 Å². The van der Waals surface area contributed by atoms with E-state index in [2.05, 4.69) is 37.3 Å². The Hall–Kier alpha value is -1.50. The molecule has 0 bridgehead atoms. The normalized spacial score (nSPS) is 15.4. The van der Waals surface area contributed by atoms with Crippen LogP contribution in [0.15, 0.2) is 48.1 Å². The number of hydrogen-bond acceptors (Lipinski definition) is 1. The van der Waals surface area contributed by atoms with Gasteiger partial charge in [0.05, 0.1) is 0 Å². The van der Waals surface area contributed by atoms with Crippen molar-refractivity contribution in [2.45, 2.75) is 19.8 Å². The molecule has 1 aromatic carbocycles. The van der Waals surface area contributed by atoms with Gasteiger partial charge >= 0.3 is 0 Å². The third kappa shape index (κ3) is 2.50. The van der Waals surface area contributed by atoms with Crippen LogP contribution < -0.4 is 4.74 Å². The molecule has 1 aliphatic heterocycles. The van der Waals surface area contributed by atoms with Crippen molar-refractivity contribution in [1.82, 2.24) is 0 Å². The summed E-state index contributed by atoms with van der Waals surface area (Å²) in [5.74, 6) is 1.01. The number of benzene rings is 1. The zero-order chi connectivity index (χ0) is 10.5. The quantitative estimate of drug-likeness (QED) is 0.674. The Morgan fingerprint density at radius 3 is 3.00 bits per heavy atom.